The molecule has 1 aliphatic rings. The minimum absolute atomic E-state index is 0.107. The Kier molecular flexibility index (Phi) is 4.43. The van der Waals surface area contributed by atoms with Gasteiger partial charge in [-0.25, -0.2) is 4.39 Å². The number of guanidine groups is 1. The van der Waals surface area contributed by atoms with E-state index in [0.717, 1.165) is 6.42 Å². The van der Waals surface area contributed by atoms with E-state index in [1.807, 2.05) is 0 Å². The summed E-state index contributed by atoms with van der Waals surface area (Å²) >= 11 is 6.06. The van der Waals surface area contributed by atoms with Gasteiger partial charge in [0.25, 0.3) is 0 Å². The van der Waals surface area contributed by atoms with Gasteiger partial charge in [-0.3, -0.25) is 4.99 Å². The summed E-state index contributed by atoms with van der Waals surface area (Å²) in [5.41, 5.74) is 0.598. The molecule has 0 amide bonds. The van der Waals surface area contributed by atoms with Crippen LogP contribution in [0.1, 0.15) is 17.9 Å². The van der Waals surface area contributed by atoms with Crippen LogP contribution >= 0.6 is 11.6 Å². The maximum atomic E-state index is 13.8. The number of hydrogen-bond acceptors (Lipinski definition) is 1. The van der Waals surface area contributed by atoms with Crippen LogP contribution < -0.4 is 10.6 Å². The van der Waals surface area contributed by atoms with E-state index < -0.39 is 0 Å². The summed E-state index contributed by atoms with van der Waals surface area (Å²) in [5.74, 6) is 0.562. The molecule has 2 atom stereocenters. The lowest BCUT2D eigenvalue weighted by Crippen LogP contribution is -2.39. The third-order valence-corrected chi connectivity index (χ3v) is 3.45. The smallest absolute Gasteiger partial charge is 0.191 e. The topological polar surface area (TPSA) is 36.4 Å². The Bertz CT molecular complexity index is 481. The first-order valence-electron chi connectivity index (χ1n) is 6.19. The van der Waals surface area contributed by atoms with Crippen molar-refractivity contribution in [3.8, 4) is 0 Å². The zero-order valence-electron chi connectivity index (χ0n) is 10.8. The summed E-state index contributed by atoms with van der Waals surface area (Å²) in [6.07, 6.45) is 2.61. The Labute approximate surface area is 117 Å². The van der Waals surface area contributed by atoms with Crippen LogP contribution in [0.25, 0.3) is 0 Å². The van der Waals surface area contributed by atoms with E-state index >= 15 is 0 Å². The zero-order valence-corrected chi connectivity index (χ0v) is 11.5. The fraction of sp³-hybridized carbons (Fsp3) is 0.357. The van der Waals surface area contributed by atoms with Gasteiger partial charge in [0.15, 0.2) is 5.96 Å². The number of rotatable bonds is 4. The summed E-state index contributed by atoms with van der Waals surface area (Å²) in [7, 11) is 1.70. The van der Waals surface area contributed by atoms with Crippen molar-refractivity contribution in [3.63, 3.8) is 0 Å². The van der Waals surface area contributed by atoms with Crippen molar-refractivity contribution in [2.45, 2.75) is 18.4 Å². The molecule has 2 rings (SSSR count). The second-order valence-electron chi connectivity index (χ2n) is 4.47. The van der Waals surface area contributed by atoms with Crippen molar-refractivity contribution in [3.05, 3.63) is 47.3 Å². The van der Waals surface area contributed by atoms with Crippen molar-refractivity contribution >= 4 is 17.6 Å². The first-order chi connectivity index (χ1) is 9.17. The maximum Gasteiger partial charge on any atom is 0.191 e. The molecule has 0 saturated heterocycles. The van der Waals surface area contributed by atoms with Crippen molar-refractivity contribution in [2.24, 2.45) is 4.99 Å². The molecule has 2 N–H and O–H groups in total. The molecule has 1 aromatic carbocycles. The molecule has 1 fully saturated rings. The SMILES string of the molecule is C=CCNC(=NC)NC1CC1c1c(F)cccc1Cl. The lowest BCUT2D eigenvalue weighted by atomic mass is 10.1. The lowest BCUT2D eigenvalue weighted by Gasteiger charge is -2.11. The van der Waals surface area contributed by atoms with E-state index in [2.05, 4.69) is 22.2 Å². The minimum Gasteiger partial charge on any atom is -0.353 e. The molecular formula is C14H17ClFN3. The Hall–Kier alpha value is -1.55. The third-order valence-electron chi connectivity index (χ3n) is 3.12. The molecule has 1 aliphatic carbocycles. The van der Waals surface area contributed by atoms with E-state index in [0.29, 0.717) is 23.1 Å². The number of halogens is 2. The standard InChI is InChI=1S/C14H17ClFN3/c1-3-7-18-14(17-2)19-12-8-9(12)13-10(15)5-4-6-11(13)16/h3-6,9,12H,1,7-8H2,2H3,(H2,17,18,19). The molecule has 0 aliphatic heterocycles. The number of hydrogen-bond donors (Lipinski definition) is 2. The van der Waals surface area contributed by atoms with Gasteiger partial charge >= 0.3 is 0 Å². The van der Waals surface area contributed by atoms with Gasteiger partial charge < -0.3 is 10.6 Å². The molecular weight excluding hydrogens is 265 g/mol. The highest BCUT2D eigenvalue weighted by molar-refractivity contribution is 6.31. The monoisotopic (exact) mass is 281 g/mol. The van der Waals surface area contributed by atoms with Gasteiger partial charge in [-0.15, -0.1) is 6.58 Å². The molecule has 19 heavy (non-hydrogen) atoms. The fourth-order valence-electron chi connectivity index (χ4n) is 2.08. The normalized spacial score (nSPS) is 21.9. The molecule has 1 aromatic rings. The van der Waals surface area contributed by atoms with Crippen LogP contribution in [-0.2, 0) is 0 Å². The second kappa shape index (κ2) is 6.06. The molecule has 0 aromatic heterocycles. The van der Waals surface area contributed by atoms with Gasteiger partial charge in [0.1, 0.15) is 5.82 Å². The summed E-state index contributed by atoms with van der Waals surface area (Å²) in [4.78, 5) is 4.10. The molecule has 0 radical (unpaired) electrons. The van der Waals surface area contributed by atoms with E-state index in [4.69, 9.17) is 11.6 Å². The number of nitrogens with one attached hydrogen (secondary N) is 2. The van der Waals surface area contributed by atoms with Crippen molar-refractivity contribution in [2.75, 3.05) is 13.6 Å². The van der Waals surface area contributed by atoms with Crippen LogP contribution in [0.4, 0.5) is 4.39 Å². The van der Waals surface area contributed by atoms with Gasteiger partial charge in [0.05, 0.1) is 0 Å². The highest BCUT2D eigenvalue weighted by Gasteiger charge is 2.41. The number of aliphatic imine (C=N–C) groups is 1. The van der Waals surface area contributed by atoms with Crippen LogP contribution in [0.5, 0.6) is 0 Å². The minimum atomic E-state index is -0.240. The predicted octanol–water partition coefficient (Wildman–Crippen LogP) is 2.69. The van der Waals surface area contributed by atoms with Crippen LogP contribution in [0.2, 0.25) is 5.02 Å². The maximum absolute atomic E-state index is 13.8. The van der Waals surface area contributed by atoms with E-state index in [1.54, 1.807) is 25.3 Å². The Morgan fingerprint density at radius 2 is 2.42 bits per heavy atom. The molecule has 0 spiro atoms. The zero-order chi connectivity index (χ0) is 13.8. The van der Waals surface area contributed by atoms with Crippen LogP contribution in [0.3, 0.4) is 0 Å². The van der Waals surface area contributed by atoms with Gasteiger partial charge in [-0.1, -0.05) is 23.7 Å². The molecule has 0 heterocycles. The largest absolute Gasteiger partial charge is 0.353 e. The predicted molar refractivity (Wildman–Crippen MR) is 77.3 cm³/mol. The first-order valence-corrected chi connectivity index (χ1v) is 6.57. The summed E-state index contributed by atoms with van der Waals surface area (Å²) in [6, 6.07) is 4.96. The van der Waals surface area contributed by atoms with Crippen molar-refractivity contribution in [1.82, 2.24) is 10.6 Å². The van der Waals surface area contributed by atoms with E-state index in [-0.39, 0.29) is 17.8 Å². The first kappa shape index (κ1) is 13.9. The van der Waals surface area contributed by atoms with E-state index in [9.17, 15) is 4.39 Å². The van der Waals surface area contributed by atoms with Gasteiger partial charge in [-0.2, -0.15) is 0 Å². The van der Waals surface area contributed by atoms with Gasteiger partial charge in [0.2, 0.25) is 0 Å². The Morgan fingerprint density at radius 1 is 1.63 bits per heavy atom. The van der Waals surface area contributed by atoms with Gasteiger partial charge in [0, 0.05) is 36.1 Å². The fourth-order valence-corrected chi connectivity index (χ4v) is 2.38. The average Bonchev–Trinajstić information content (AvgIpc) is 3.13. The number of nitrogens with zero attached hydrogens (tertiary/aromatic N) is 1. The van der Waals surface area contributed by atoms with Crippen LogP contribution in [0.15, 0.2) is 35.8 Å². The Balaban J connectivity index is 1.99. The molecule has 2 unspecified atom stereocenters. The highest BCUT2D eigenvalue weighted by atomic mass is 35.5. The van der Waals surface area contributed by atoms with Gasteiger partial charge in [-0.05, 0) is 18.6 Å². The Morgan fingerprint density at radius 3 is 3.05 bits per heavy atom. The molecule has 5 heteroatoms. The molecule has 1 saturated carbocycles. The highest BCUT2D eigenvalue weighted by Crippen LogP contribution is 2.44. The second-order valence-corrected chi connectivity index (χ2v) is 4.88. The van der Waals surface area contributed by atoms with Crippen molar-refractivity contribution < 1.29 is 4.39 Å². The van der Waals surface area contributed by atoms with E-state index in [1.165, 1.54) is 6.07 Å². The quantitative estimate of drug-likeness (QED) is 0.506. The average molecular weight is 282 g/mol. The third kappa shape index (κ3) is 3.26. The summed E-state index contributed by atoms with van der Waals surface area (Å²) in [5, 5.41) is 6.82. The van der Waals surface area contributed by atoms with Crippen molar-refractivity contribution in [1.29, 1.82) is 0 Å². The summed E-state index contributed by atoms with van der Waals surface area (Å²) < 4.78 is 13.8. The molecule has 0 bridgehead atoms. The van der Waals surface area contributed by atoms with Crippen LogP contribution in [-0.4, -0.2) is 25.6 Å². The molecule has 3 nitrogen and oxygen atoms in total. The summed E-state index contributed by atoms with van der Waals surface area (Å²) in [6.45, 7) is 4.27. The lowest BCUT2D eigenvalue weighted by molar-refractivity contribution is 0.608. The number of benzene rings is 1. The molecule has 102 valence electrons. The van der Waals surface area contributed by atoms with Crippen LogP contribution in [0, 0.1) is 5.82 Å².